The lowest BCUT2D eigenvalue weighted by Crippen LogP contribution is -1.98. The van der Waals surface area contributed by atoms with E-state index in [2.05, 4.69) is 0 Å². The standard InChI is InChI=1S/C20H38O3/c1-19(21)17-15-13-11-9-7-5-3-2-4-6-8-10-12-14-16-18-20(22)23/h16,18-19,21H,2-15,17H2,1H3,(H,22,23)/b18-16+/t19-/m1/s1. The molecule has 0 fully saturated rings. The Morgan fingerprint density at radius 1 is 0.783 bits per heavy atom. The first-order chi connectivity index (χ1) is 11.1. The van der Waals surface area contributed by atoms with Gasteiger partial charge in [-0.05, 0) is 26.2 Å². The minimum atomic E-state index is -0.843. The van der Waals surface area contributed by atoms with Gasteiger partial charge in [-0.2, -0.15) is 0 Å². The Labute approximate surface area is 143 Å². The lowest BCUT2D eigenvalue weighted by molar-refractivity contribution is -0.131. The van der Waals surface area contributed by atoms with Crippen LogP contribution >= 0.6 is 0 Å². The van der Waals surface area contributed by atoms with Crippen LogP contribution in [0.25, 0.3) is 0 Å². The third-order valence-electron chi connectivity index (χ3n) is 4.25. The first kappa shape index (κ1) is 22.2. The molecule has 1 atom stereocenters. The lowest BCUT2D eigenvalue weighted by atomic mass is 10.0. The molecule has 3 heteroatoms. The van der Waals surface area contributed by atoms with Crippen LogP contribution in [0.4, 0.5) is 0 Å². The molecule has 0 saturated heterocycles. The van der Waals surface area contributed by atoms with Crippen molar-refractivity contribution in [1.29, 1.82) is 0 Å². The number of hydrogen-bond acceptors (Lipinski definition) is 2. The number of carboxylic acids is 1. The van der Waals surface area contributed by atoms with Gasteiger partial charge >= 0.3 is 5.97 Å². The molecule has 0 aliphatic carbocycles. The molecule has 0 unspecified atom stereocenters. The van der Waals surface area contributed by atoms with E-state index in [1.807, 2.05) is 6.92 Å². The maximum absolute atomic E-state index is 10.3. The fourth-order valence-corrected chi connectivity index (χ4v) is 2.83. The van der Waals surface area contributed by atoms with Crippen LogP contribution in [0.2, 0.25) is 0 Å². The van der Waals surface area contributed by atoms with Crippen LogP contribution in [0.3, 0.4) is 0 Å². The molecule has 0 saturated carbocycles. The Morgan fingerprint density at radius 3 is 1.57 bits per heavy atom. The van der Waals surface area contributed by atoms with E-state index in [0.29, 0.717) is 0 Å². The highest BCUT2D eigenvalue weighted by molar-refractivity contribution is 5.79. The van der Waals surface area contributed by atoms with Gasteiger partial charge in [0.05, 0.1) is 6.10 Å². The molecule has 0 spiro atoms. The van der Waals surface area contributed by atoms with Crippen molar-refractivity contribution >= 4 is 5.97 Å². The van der Waals surface area contributed by atoms with E-state index in [1.165, 1.54) is 83.1 Å². The summed E-state index contributed by atoms with van der Waals surface area (Å²) in [4.78, 5) is 10.3. The summed E-state index contributed by atoms with van der Waals surface area (Å²) in [6.07, 6.45) is 21.6. The molecule has 0 radical (unpaired) electrons. The number of aliphatic hydroxyl groups excluding tert-OH is 1. The van der Waals surface area contributed by atoms with E-state index >= 15 is 0 Å². The molecule has 2 N–H and O–H groups in total. The van der Waals surface area contributed by atoms with E-state index in [9.17, 15) is 4.79 Å². The van der Waals surface area contributed by atoms with Crippen molar-refractivity contribution in [3.8, 4) is 0 Å². The number of unbranched alkanes of at least 4 members (excludes halogenated alkanes) is 13. The molecule has 0 aromatic carbocycles. The Hall–Kier alpha value is -0.830. The van der Waals surface area contributed by atoms with E-state index < -0.39 is 5.97 Å². The van der Waals surface area contributed by atoms with Crippen LogP contribution < -0.4 is 0 Å². The van der Waals surface area contributed by atoms with Crippen molar-refractivity contribution < 1.29 is 15.0 Å². The average molecular weight is 327 g/mol. The SMILES string of the molecule is C[C@@H](O)CCCCCCCCCCCCCCC/C=C/C(=O)O. The molecule has 0 aliphatic heterocycles. The number of allylic oxidation sites excluding steroid dienone is 1. The van der Waals surface area contributed by atoms with Crippen LogP contribution in [-0.4, -0.2) is 22.3 Å². The van der Waals surface area contributed by atoms with Gasteiger partial charge in [-0.3, -0.25) is 0 Å². The molecular formula is C20H38O3. The second-order valence-corrected chi connectivity index (χ2v) is 6.76. The Morgan fingerprint density at radius 2 is 1.17 bits per heavy atom. The zero-order valence-corrected chi connectivity index (χ0v) is 15.1. The highest BCUT2D eigenvalue weighted by atomic mass is 16.4. The molecule has 0 aliphatic rings. The molecule has 0 aromatic rings. The third-order valence-corrected chi connectivity index (χ3v) is 4.25. The first-order valence-corrected chi connectivity index (χ1v) is 9.70. The largest absolute Gasteiger partial charge is 0.478 e. The third kappa shape index (κ3) is 21.2. The van der Waals surface area contributed by atoms with Crippen LogP contribution in [0.1, 0.15) is 103 Å². The van der Waals surface area contributed by atoms with Gasteiger partial charge in [0.15, 0.2) is 0 Å². The normalized spacial score (nSPS) is 12.8. The van der Waals surface area contributed by atoms with Crippen LogP contribution in [0.5, 0.6) is 0 Å². The molecule has 136 valence electrons. The quantitative estimate of drug-likeness (QED) is 0.260. The van der Waals surface area contributed by atoms with Gasteiger partial charge in [-0.1, -0.05) is 83.1 Å². The van der Waals surface area contributed by atoms with E-state index in [4.69, 9.17) is 10.2 Å². The number of carbonyl (C=O) groups is 1. The van der Waals surface area contributed by atoms with Crippen LogP contribution in [0.15, 0.2) is 12.2 Å². The Balaban J connectivity index is 3.04. The maximum Gasteiger partial charge on any atom is 0.327 e. The zero-order valence-electron chi connectivity index (χ0n) is 15.1. The minimum absolute atomic E-state index is 0.129. The molecule has 0 bridgehead atoms. The second kappa shape index (κ2) is 17.5. The minimum Gasteiger partial charge on any atom is -0.478 e. The summed E-state index contributed by atoms with van der Waals surface area (Å²) in [6, 6.07) is 0. The maximum atomic E-state index is 10.3. The summed E-state index contributed by atoms with van der Waals surface area (Å²) in [5.41, 5.74) is 0. The second-order valence-electron chi connectivity index (χ2n) is 6.76. The van der Waals surface area contributed by atoms with Crippen molar-refractivity contribution in [2.75, 3.05) is 0 Å². The number of rotatable bonds is 17. The summed E-state index contributed by atoms with van der Waals surface area (Å²) in [5, 5.41) is 17.6. The highest BCUT2D eigenvalue weighted by Gasteiger charge is 1.96. The fraction of sp³-hybridized carbons (Fsp3) is 0.850. The van der Waals surface area contributed by atoms with E-state index in [-0.39, 0.29) is 6.10 Å². The zero-order chi connectivity index (χ0) is 17.2. The van der Waals surface area contributed by atoms with Gasteiger partial charge in [0.1, 0.15) is 0 Å². The Kier molecular flexibility index (Phi) is 16.9. The summed E-state index contributed by atoms with van der Waals surface area (Å²) < 4.78 is 0. The van der Waals surface area contributed by atoms with Gasteiger partial charge < -0.3 is 10.2 Å². The van der Waals surface area contributed by atoms with Crippen LogP contribution in [0, 0.1) is 0 Å². The van der Waals surface area contributed by atoms with Crippen molar-refractivity contribution in [1.82, 2.24) is 0 Å². The van der Waals surface area contributed by atoms with E-state index in [0.717, 1.165) is 19.3 Å². The number of hydrogen-bond donors (Lipinski definition) is 2. The number of carboxylic acid groups (broad SMARTS) is 1. The summed E-state index contributed by atoms with van der Waals surface area (Å²) >= 11 is 0. The summed E-state index contributed by atoms with van der Waals surface area (Å²) in [7, 11) is 0. The average Bonchev–Trinajstić information content (AvgIpc) is 2.49. The van der Waals surface area contributed by atoms with Gasteiger partial charge in [0.2, 0.25) is 0 Å². The van der Waals surface area contributed by atoms with Crippen molar-refractivity contribution in [3.63, 3.8) is 0 Å². The summed E-state index contributed by atoms with van der Waals surface area (Å²) in [5.74, 6) is -0.843. The van der Waals surface area contributed by atoms with Crippen LogP contribution in [-0.2, 0) is 4.79 Å². The monoisotopic (exact) mass is 326 g/mol. The van der Waals surface area contributed by atoms with Gasteiger partial charge in [-0.25, -0.2) is 4.79 Å². The molecular weight excluding hydrogens is 288 g/mol. The van der Waals surface area contributed by atoms with Gasteiger partial charge in [-0.15, -0.1) is 0 Å². The predicted octanol–water partition coefficient (Wildman–Crippen LogP) is 5.86. The van der Waals surface area contributed by atoms with Crippen molar-refractivity contribution in [3.05, 3.63) is 12.2 Å². The fourth-order valence-electron chi connectivity index (χ4n) is 2.83. The molecule has 3 nitrogen and oxygen atoms in total. The molecule has 0 rings (SSSR count). The predicted molar refractivity (Wildman–Crippen MR) is 97.7 cm³/mol. The molecule has 0 heterocycles. The van der Waals surface area contributed by atoms with Crippen molar-refractivity contribution in [2.24, 2.45) is 0 Å². The van der Waals surface area contributed by atoms with Gasteiger partial charge in [0.25, 0.3) is 0 Å². The number of aliphatic carboxylic acids is 1. The van der Waals surface area contributed by atoms with Gasteiger partial charge in [0, 0.05) is 6.08 Å². The summed E-state index contributed by atoms with van der Waals surface area (Å²) in [6.45, 7) is 1.87. The smallest absolute Gasteiger partial charge is 0.327 e. The Bertz CT molecular complexity index is 285. The number of aliphatic hydroxyl groups is 1. The molecule has 0 aromatic heterocycles. The topological polar surface area (TPSA) is 57.5 Å². The molecule has 23 heavy (non-hydrogen) atoms. The molecule has 0 amide bonds. The highest BCUT2D eigenvalue weighted by Crippen LogP contribution is 2.13. The first-order valence-electron chi connectivity index (χ1n) is 9.70. The lowest BCUT2D eigenvalue weighted by Gasteiger charge is -2.04. The van der Waals surface area contributed by atoms with E-state index in [1.54, 1.807) is 6.08 Å². The van der Waals surface area contributed by atoms with Crippen molar-refractivity contribution in [2.45, 2.75) is 109 Å².